The molecule has 0 spiro atoms. The zero-order valence-corrected chi connectivity index (χ0v) is 17.7. The van der Waals surface area contributed by atoms with Crippen LogP contribution in [0.3, 0.4) is 0 Å². The maximum absolute atomic E-state index is 12.9. The minimum atomic E-state index is -0.579. The Morgan fingerprint density at radius 3 is 2.60 bits per heavy atom. The van der Waals surface area contributed by atoms with Gasteiger partial charge in [0, 0.05) is 22.8 Å². The highest BCUT2D eigenvalue weighted by molar-refractivity contribution is 6.31. The third-order valence-corrected chi connectivity index (χ3v) is 5.80. The summed E-state index contributed by atoms with van der Waals surface area (Å²) in [5.41, 5.74) is 1.59. The van der Waals surface area contributed by atoms with Gasteiger partial charge in [-0.2, -0.15) is 0 Å². The highest BCUT2D eigenvalue weighted by atomic mass is 35.5. The fourth-order valence-electron chi connectivity index (χ4n) is 4.07. The van der Waals surface area contributed by atoms with Crippen molar-refractivity contribution in [3.8, 4) is 5.75 Å². The fourth-order valence-corrected chi connectivity index (χ4v) is 4.24. The summed E-state index contributed by atoms with van der Waals surface area (Å²) in [6.07, 6.45) is 8.18. The average Bonchev–Trinajstić information content (AvgIpc) is 3.19. The molecule has 5 nitrogen and oxygen atoms in total. The second kappa shape index (κ2) is 8.92. The standard InChI is InChI=1S/C24H24ClNO4/c1-2-29-24(28)20-15-18(25)10-11-22(20)30-23(27)17-9-8-16-12-13-26(21(16)14-17)19-6-4-3-5-7-19/h8-15,19H,2-7H2,1H3. The maximum atomic E-state index is 12.9. The van der Waals surface area contributed by atoms with Crippen molar-refractivity contribution in [3.05, 3.63) is 64.8 Å². The molecule has 0 saturated heterocycles. The van der Waals surface area contributed by atoms with Crippen molar-refractivity contribution in [1.82, 2.24) is 4.57 Å². The van der Waals surface area contributed by atoms with Gasteiger partial charge in [-0.1, -0.05) is 36.9 Å². The smallest absolute Gasteiger partial charge is 0.343 e. The van der Waals surface area contributed by atoms with E-state index < -0.39 is 11.9 Å². The molecule has 0 unspecified atom stereocenters. The topological polar surface area (TPSA) is 57.5 Å². The molecule has 1 aliphatic carbocycles. The van der Waals surface area contributed by atoms with E-state index in [0.29, 0.717) is 16.6 Å². The number of hydrogen-bond acceptors (Lipinski definition) is 4. The van der Waals surface area contributed by atoms with Gasteiger partial charge in [-0.25, -0.2) is 9.59 Å². The summed E-state index contributed by atoms with van der Waals surface area (Å²) in [4.78, 5) is 25.1. The van der Waals surface area contributed by atoms with Crippen molar-refractivity contribution in [2.45, 2.75) is 45.1 Å². The lowest BCUT2D eigenvalue weighted by Crippen LogP contribution is -2.14. The predicted octanol–water partition coefficient (Wildman–Crippen LogP) is 6.20. The molecule has 0 bridgehead atoms. The third kappa shape index (κ3) is 4.21. The number of hydrogen-bond donors (Lipinski definition) is 0. The minimum Gasteiger partial charge on any atom is -0.462 e. The second-order valence-electron chi connectivity index (χ2n) is 7.54. The molecule has 0 atom stereocenters. The first-order valence-corrected chi connectivity index (χ1v) is 10.7. The number of benzene rings is 2. The summed E-state index contributed by atoms with van der Waals surface area (Å²) in [5.74, 6) is -0.976. The fraction of sp³-hybridized carbons (Fsp3) is 0.333. The first-order valence-electron chi connectivity index (χ1n) is 10.4. The van der Waals surface area contributed by atoms with E-state index in [1.54, 1.807) is 19.1 Å². The van der Waals surface area contributed by atoms with Gasteiger partial charge in [-0.15, -0.1) is 0 Å². The van der Waals surface area contributed by atoms with Crippen LogP contribution < -0.4 is 4.74 Å². The van der Waals surface area contributed by atoms with Gasteiger partial charge in [0.25, 0.3) is 0 Å². The molecule has 156 valence electrons. The Morgan fingerprint density at radius 2 is 1.83 bits per heavy atom. The van der Waals surface area contributed by atoms with Crippen LogP contribution in [-0.4, -0.2) is 23.1 Å². The van der Waals surface area contributed by atoms with Crippen LogP contribution in [0.15, 0.2) is 48.7 Å². The molecule has 0 aliphatic heterocycles. The van der Waals surface area contributed by atoms with Crippen LogP contribution in [0, 0.1) is 0 Å². The molecule has 4 rings (SSSR count). The van der Waals surface area contributed by atoms with Crippen LogP contribution in [0.2, 0.25) is 5.02 Å². The molecule has 6 heteroatoms. The molecule has 2 aromatic carbocycles. The number of carbonyl (C=O) groups is 2. The van der Waals surface area contributed by atoms with Gasteiger partial charge in [0.1, 0.15) is 11.3 Å². The SMILES string of the molecule is CCOC(=O)c1cc(Cl)ccc1OC(=O)c1ccc2ccn(C3CCCCC3)c2c1. The van der Waals surface area contributed by atoms with E-state index in [2.05, 4.69) is 16.8 Å². The van der Waals surface area contributed by atoms with Crippen LogP contribution in [0.1, 0.15) is 65.8 Å². The van der Waals surface area contributed by atoms with Gasteiger partial charge in [0.05, 0.1) is 12.2 Å². The highest BCUT2D eigenvalue weighted by Gasteiger charge is 2.20. The number of nitrogens with zero attached hydrogens (tertiary/aromatic N) is 1. The Hall–Kier alpha value is -2.79. The second-order valence-corrected chi connectivity index (χ2v) is 7.98. The van der Waals surface area contributed by atoms with Crippen molar-refractivity contribution >= 4 is 34.4 Å². The number of aromatic nitrogens is 1. The Morgan fingerprint density at radius 1 is 1.03 bits per heavy atom. The summed E-state index contributed by atoms with van der Waals surface area (Å²) in [5, 5.41) is 1.46. The lowest BCUT2D eigenvalue weighted by molar-refractivity contribution is 0.0520. The van der Waals surface area contributed by atoms with Gasteiger partial charge < -0.3 is 14.0 Å². The lowest BCUT2D eigenvalue weighted by atomic mass is 9.95. The monoisotopic (exact) mass is 425 g/mol. The molecule has 0 amide bonds. The largest absolute Gasteiger partial charge is 0.462 e. The lowest BCUT2D eigenvalue weighted by Gasteiger charge is -2.24. The van der Waals surface area contributed by atoms with Gasteiger partial charge >= 0.3 is 11.9 Å². The Labute approximate surface area is 180 Å². The van der Waals surface area contributed by atoms with E-state index in [0.717, 1.165) is 23.7 Å². The Balaban J connectivity index is 1.62. The summed E-state index contributed by atoms with van der Waals surface area (Å²) >= 11 is 6.01. The molecule has 0 radical (unpaired) electrons. The van der Waals surface area contributed by atoms with E-state index in [4.69, 9.17) is 21.1 Å². The molecular weight excluding hydrogens is 402 g/mol. The van der Waals surface area contributed by atoms with Crippen molar-refractivity contribution in [1.29, 1.82) is 0 Å². The molecule has 1 aliphatic rings. The quantitative estimate of drug-likeness (QED) is 0.361. The summed E-state index contributed by atoms with van der Waals surface area (Å²) in [6.45, 7) is 1.93. The van der Waals surface area contributed by atoms with E-state index in [1.807, 2.05) is 12.1 Å². The van der Waals surface area contributed by atoms with Crippen LogP contribution in [-0.2, 0) is 4.74 Å². The first-order chi connectivity index (χ1) is 14.6. The van der Waals surface area contributed by atoms with Gasteiger partial charge in [0.2, 0.25) is 0 Å². The van der Waals surface area contributed by atoms with Crippen molar-refractivity contribution in [2.24, 2.45) is 0 Å². The Kier molecular flexibility index (Phi) is 6.09. The number of esters is 2. The number of carbonyl (C=O) groups excluding carboxylic acids is 2. The predicted molar refractivity (Wildman–Crippen MR) is 116 cm³/mol. The van der Waals surface area contributed by atoms with E-state index in [1.165, 1.54) is 31.4 Å². The molecule has 1 saturated carbocycles. The van der Waals surface area contributed by atoms with Crippen molar-refractivity contribution < 1.29 is 19.1 Å². The summed E-state index contributed by atoms with van der Waals surface area (Å²) in [6, 6.07) is 12.6. The normalized spacial score (nSPS) is 14.6. The average molecular weight is 426 g/mol. The highest BCUT2D eigenvalue weighted by Crippen LogP contribution is 2.32. The molecule has 30 heavy (non-hydrogen) atoms. The number of halogens is 1. The summed E-state index contributed by atoms with van der Waals surface area (Å²) in [7, 11) is 0. The molecule has 1 aromatic heterocycles. The number of rotatable bonds is 5. The van der Waals surface area contributed by atoms with Crippen LogP contribution in [0.4, 0.5) is 0 Å². The van der Waals surface area contributed by atoms with Crippen molar-refractivity contribution in [3.63, 3.8) is 0 Å². The molecule has 1 heterocycles. The first kappa shape index (κ1) is 20.5. The molecular formula is C24H24ClNO4. The summed E-state index contributed by atoms with van der Waals surface area (Å²) < 4.78 is 12.9. The van der Waals surface area contributed by atoms with Gasteiger partial charge in [0.15, 0.2) is 0 Å². The molecule has 0 N–H and O–H groups in total. The van der Waals surface area contributed by atoms with E-state index in [-0.39, 0.29) is 17.9 Å². The molecule has 3 aromatic rings. The van der Waals surface area contributed by atoms with Gasteiger partial charge in [-0.05, 0) is 61.5 Å². The van der Waals surface area contributed by atoms with Gasteiger partial charge in [-0.3, -0.25) is 0 Å². The van der Waals surface area contributed by atoms with E-state index >= 15 is 0 Å². The zero-order valence-electron chi connectivity index (χ0n) is 16.9. The van der Waals surface area contributed by atoms with Crippen LogP contribution in [0.5, 0.6) is 5.75 Å². The number of ether oxygens (including phenoxy) is 2. The van der Waals surface area contributed by atoms with Crippen LogP contribution >= 0.6 is 11.6 Å². The maximum Gasteiger partial charge on any atom is 0.343 e. The Bertz CT molecular complexity index is 1080. The van der Waals surface area contributed by atoms with E-state index in [9.17, 15) is 9.59 Å². The number of fused-ring (bicyclic) bond motifs is 1. The van der Waals surface area contributed by atoms with Crippen molar-refractivity contribution in [2.75, 3.05) is 6.61 Å². The molecule has 1 fully saturated rings. The minimum absolute atomic E-state index is 0.129. The van der Waals surface area contributed by atoms with Crippen LogP contribution in [0.25, 0.3) is 10.9 Å². The zero-order chi connectivity index (χ0) is 21.1. The third-order valence-electron chi connectivity index (χ3n) is 5.57.